The Morgan fingerprint density at radius 3 is 2.73 bits per heavy atom. The lowest BCUT2D eigenvalue weighted by atomic mass is 10.1. The van der Waals surface area contributed by atoms with Crippen molar-refractivity contribution in [2.24, 2.45) is 0 Å². The van der Waals surface area contributed by atoms with E-state index in [1.807, 2.05) is 19.9 Å². The Balaban J connectivity index is 2.02. The summed E-state index contributed by atoms with van der Waals surface area (Å²) in [4.78, 5) is 0.0339. The molecule has 0 amide bonds. The molecule has 6 nitrogen and oxygen atoms in total. The van der Waals surface area contributed by atoms with E-state index < -0.39 is 10.0 Å². The highest BCUT2D eigenvalue weighted by atomic mass is 79.9. The molecular weight excluding hydrogens is 422 g/mol. The lowest BCUT2D eigenvalue weighted by Crippen LogP contribution is -2.15. The van der Waals surface area contributed by atoms with Gasteiger partial charge in [-0.05, 0) is 38.1 Å². The maximum absolute atomic E-state index is 12.9. The number of benzene rings is 2. The van der Waals surface area contributed by atoms with E-state index in [-0.39, 0.29) is 16.7 Å². The molecule has 1 heterocycles. The predicted octanol–water partition coefficient (Wildman–Crippen LogP) is 3.98. The molecule has 3 rings (SSSR count). The van der Waals surface area contributed by atoms with Crippen LogP contribution in [-0.4, -0.2) is 28.2 Å². The molecule has 140 valence electrons. The summed E-state index contributed by atoms with van der Waals surface area (Å²) in [6.07, 6.45) is 0.818. The van der Waals surface area contributed by atoms with Gasteiger partial charge in [-0.3, -0.25) is 4.72 Å². The van der Waals surface area contributed by atoms with Crippen LogP contribution in [0.3, 0.4) is 0 Å². The topological polar surface area (TPSA) is 73.9 Å². The number of ether oxygens (including phenoxy) is 3. The minimum Gasteiger partial charge on any atom is -0.495 e. The molecule has 0 unspecified atom stereocenters. The van der Waals surface area contributed by atoms with E-state index >= 15 is 0 Å². The highest BCUT2D eigenvalue weighted by Crippen LogP contribution is 2.39. The second kappa shape index (κ2) is 7.36. The van der Waals surface area contributed by atoms with Gasteiger partial charge in [-0.2, -0.15) is 0 Å². The minimum atomic E-state index is -3.89. The first-order chi connectivity index (χ1) is 12.3. The van der Waals surface area contributed by atoms with Gasteiger partial charge in [-0.25, -0.2) is 8.42 Å². The Kier molecular flexibility index (Phi) is 5.34. The first kappa shape index (κ1) is 18.8. The molecule has 26 heavy (non-hydrogen) atoms. The summed E-state index contributed by atoms with van der Waals surface area (Å²) in [6.45, 7) is 4.24. The number of sulfonamides is 1. The predicted molar refractivity (Wildman–Crippen MR) is 103 cm³/mol. The van der Waals surface area contributed by atoms with E-state index in [4.69, 9.17) is 14.2 Å². The number of anilines is 1. The number of rotatable bonds is 6. The lowest BCUT2D eigenvalue weighted by molar-refractivity contribution is 0.254. The smallest absolute Gasteiger partial charge is 0.265 e. The Morgan fingerprint density at radius 2 is 2.04 bits per heavy atom. The zero-order chi connectivity index (χ0) is 18.9. The molecule has 0 saturated heterocycles. The molecule has 0 spiro atoms. The van der Waals surface area contributed by atoms with Crippen molar-refractivity contribution in [2.75, 3.05) is 18.4 Å². The normalized spacial score (nSPS) is 15.9. The van der Waals surface area contributed by atoms with Gasteiger partial charge < -0.3 is 14.2 Å². The van der Waals surface area contributed by atoms with Crippen molar-refractivity contribution in [1.82, 2.24) is 0 Å². The molecule has 0 saturated carbocycles. The monoisotopic (exact) mass is 441 g/mol. The van der Waals surface area contributed by atoms with Gasteiger partial charge in [0.05, 0.1) is 19.4 Å². The van der Waals surface area contributed by atoms with Crippen LogP contribution in [-0.2, 0) is 16.4 Å². The molecule has 0 aliphatic carbocycles. The van der Waals surface area contributed by atoms with Gasteiger partial charge in [0.2, 0.25) is 0 Å². The Morgan fingerprint density at radius 1 is 1.27 bits per heavy atom. The maximum Gasteiger partial charge on any atom is 0.265 e. The first-order valence-electron chi connectivity index (χ1n) is 8.16. The second-order valence-corrected chi connectivity index (χ2v) is 8.49. The summed E-state index contributed by atoms with van der Waals surface area (Å²) in [5.41, 5.74) is 1.34. The number of hydrogen-bond acceptors (Lipinski definition) is 5. The van der Waals surface area contributed by atoms with E-state index in [2.05, 4.69) is 20.7 Å². The summed E-state index contributed by atoms with van der Waals surface area (Å²) in [7, 11) is -2.46. The molecule has 1 aliphatic heterocycles. The minimum absolute atomic E-state index is 0.0339. The molecular formula is C18H20BrNO5S. The second-order valence-electron chi connectivity index (χ2n) is 5.92. The average molecular weight is 442 g/mol. The van der Waals surface area contributed by atoms with Crippen LogP contribution < -0.4 is 18.9 Å². The van der Waals surface area contributed by atoms with Gasteiger partial charge in [0.15, 0.2) is 0 Å². The Hall–Kier alpha value is -1.93. The largest absolute Gasteiger partial charge is 0.495 e. The fourth-order valence-corrected chi connectivity index (χ4v) is 4.62. The number of nitrogens with one attached hydrogen (secondary N) is 1. The third-order valence-corrected chi connectivity index (χ3v) is 5.84. The Labute approximate surface area is 161 Å². The fraction of sp³-hybridized carbons (Fsp3) is 0.333. The number of fused-ring (bicyclic) bond motifs is 1. The summed E-state index contributed by atoms with van der Waals surface area (Å²) in [5.74, 6) is 1.39. The van der Waals surface area contributed by atoms with Gasteiger partial charge in [0.25, 0.3) is 10.0 Å². The first-order valence-corrected chi connectivity index (χ1v) is 10.4. The molecule has 1 N–H and O–H groups in total. The van der Waals surface area contributed by atoms with Crippen LogP contribution in [0.15, 0.2) is 39.7 Å². The van der Waals surface area contributed by atoms with E-state index in [0.717, 1.165) is 12.0 Å². The van der Waals surface area contributed by atoms with E-state index in [9.17, 15) is 8.42 Å². The number of halogens is 1. The molecule has 8 heteroatoms. The quantitative estimate of drug-likeness (QED) is 0.733. The van der Waals surface area contributed by atoms with Crippen LogP contribution in [0.2, 0.25) is 0 Å². The van der Waals surface area contributed by atoms with Crippen molar-refractivity contribution in [3.63, 3.8) is 0 Å². The zero-order valence-corrected chi connectivity index (χ0v) is 17.1. The SMILES string of the molecule is CCOc1cc2c(cc1NS(=O)(=O)c1cc(Br)ccc1OC)O[C@@H](C)C2. The molecule has 0 aromatic heterocycles. The van der Waals surface area contributed by atoms with Crippen LogP contribution in [0.1, 0.15) is 19.4 Å². The standard InChI is InChI=1S/C18H20BrNO5S/c1-4-24-17-8-12-7-11(2)25-16(12)10-14(17)20-26(21,22)18-9-13(19)5-6-15(18)23-3/h5-6,8-11,20H,4,7H2,1-3H3/t11-/m0/s1. The van der Waals surface area contributed by atoms with E-state index in [1.165, 1.54) is 13.2 Å². The van der Waals surface area contributed by atoms with Crippen LogP contribution in [0.4, 0.5) is 5.69 Å². The molecule has 0 radical (unpaired) electrons. The average Bonchev–Trinajstić information content (AvgIpc) is 2.94. The van der Waals surface area contributed by atoms with E-state index in [0.29, 0.717) is 28.3 Å². The molecule has 1 atom stereocenters. The fourth-order valence-electron chi connectivity index (χ4n) is 2.85. The lowest BCUT2D eigenvalue weighted by Gasteiger charge is -2.16. The van der Waals surface area contributed by atoms with Crippen LogP contribution in [0.25, 0.3) is 0 Å². The van der Waals surface area contributed by atoms with Gasteiger partial charge in [-0.15, -0.1) is 0 Å². The highest BCUT2D eigenvalue weighted by molar-refractivity contribution is 9.10. The summed E-state index contributed by atoms with van der Waals surface area (Å²) >= 11 is 3.30. The molecule has 2 aromatic carbocycles. The van der Waals surface area contributed by atoms with Crippen molar-refractivity contribution in [1.29, 1.82) is 0 Å². The van der Waals surface area contributed by atoms with Crippen molar-refractivity contribution in [2.45, 2.75) is 31.3 Å². The summed E-state index contributed by atoms with van der Waals surface area (Å²) in [6, 6.07) is 8.31. The molecule has 2 aromatic rings. The maximum atomic E-state index is 12.9. The van der Waals surface area contributed by atoms with Crippen molar-refractivity contribution < 1.29 is 22.6 Å². The van der Waals surface area contributed by atoms with E-state index in [1.54, 1.807) is 18.2 Å². The van der Waals surface area contributed by atoms with Gasteiger partial charge in [-0.1, -0.05) is 15.9 Å². The molecule has 0 bridgehead atoms. The highest BCUT2D eigenvalue weighted by Gasteiger charge is 2.26. The summed E-state index contributed by atoms with van der Waals surface area (Å²) in [5, 5.41) is 0. The number of hydrogen-bond donors (Lipinski definition) is 1. The van der Waals surface area contributed by atoms with Crippen LogP contribution >= 0.6 is 15.9 Å². The number of methoxy groups -OCH3 is 1. The van der Waals surface area contributed by atoms with Crippen molar-refractivity contribution >= 4 is 31.6 Å². The third kappa shape index (κ3) is 3.76. The van der Waals surface area contributed by atoms with Crippen molar-refractivity contribution in [3.05, 3.63) is 40.4 Å². The zero-order valence-electron chi connectivity index (χ0n) is 14.7. The molecule has 0 fully saturated rings. The van der Waals surface area contributed by atoms with Gasteiger partial charge in [0.1, 0.15) is 28.2 Å². The summed E-state index contributed by atoms with van der Waals surface area (Å²) < 4.78 is 45.7. The van der Waals surface area contributed by atoms with Gasteiger partial charge >= 0.3 is 0 Å². The van der Waals surface area contributed by atoms with Crippen molar-refractivity contribution in [3.8, 4) is 17.2 Å². The van der Waals surface area contributed by atoms with Crippen LogP contribution in [0, 0.1) is 0 Å². The van der Waals surface area contributed by atoms with Crippen LogP contribution in [0.5, 0.6) is 17.2 Å². The third-order valence-electron chi connectivity index (χ3n) is 3.96. The molecule has 1 aliphatic rings. The Bertz CT molecular complexity index is 929. The van der Waals surface area contributed by atoms with Gasteiger partial charge in [0, 0.05) is 22.5 Å².